The highest BCUT2D eigenvalue weighted by Gasteiger charge is 2.17. The highest BCUT2D eigenvalue weighted by atomic mass is 16.5. The molecule has 0 bridgehead atoms. The normalized spacial score (nSPS) is 10.9. The van der Waals surface area contributed by atoms with Crippen molar-refractivity contribution in [2.45, 2.75) is 6.42 Å². The molecule has 0 atom stereocenters. The first-order chi connectivity index (χ1) is 14.6. The maximum Gasteiger partial charge on any atom is 0.269 e. The Kier molecular flexibility index (Phi) is 5.32. The number of aromatic amines is 1. The SMILES string of the molecule is COc1ccc(-c2nc(C(=O)NCCC(=O)NO)cc3c2[nH]c2ccccc23)cc1. The maximum absolute atomic E-state index is 12.7. The second-order valence-corrected chi connectivity index (χ2v) is 6.72. The molecule has 0 aliphatic heterocycles. The number of amides is 2. The fraction of sp³-hybridized carbons (Fsp3) is 0.136. The molecule has 0 aliphatic carbocycles. The van der Waals surface area contributed by atoms with Crippen molar-refractivity contribution in [2.75, 3.05) is 13.7 Å². The van der Waals surface area contributed by atoms with Crippen LogP contribution in [0.5, 0.6) is 5.75 Å². The van der Waals surface area contributed by atoms with Crippen LogP contribution in [0.25, 0.3) is 33.1 Å². The van der Waals surface area contributed by atoms with E-state index in [0.29, 0.717) is 5.69 Å². The van der Waals surface area contributed by atoms with E-state index in [1.54, 1.807) is 13.2 Å². The van der Waals surface area contributed by atoms with E-state index >= 15 is 0 Å². The molecule has 0 fully saturated rings. The average molecular weight is 404 g/mol. The van der Waals surface area contributed by atoms with E-state index < -0.39 is 11.8 Å². The van der Waals surface area contributed by atoms with Gasteiger partial charge in [-0.25, -0.2) is 10.5 Å². The molecule has 0 saturated carbocycles. The Labute approximate surface area is 171 Å². The lowest BCUT2D eigenvalue weighted by molar-refractivity contribution is -0.129. The number of hydroxylamine groups is 1. The smallest absolute Gasteiger partial charge is 0.269 e. The molecule has 2 aromatic heterocycles. The number of fused-ring (bicyclic) bond motifs is 3. The lowest BCUT2D eigenvalue weighted by atomic mass is 10.1. The van der Waals surface area contributed by atoms with Gasteiger partial charge in [0.25, 0.3) is 5.91 Å². The Hall–Kier alpha value is -3.91. The quantitative estimate of drug-likeness (QED) is 0.291. The first kappa shape index (κ1) is 19.4. The van der Waals surface area contributed by atoms with Crippen molar-refractivity contribution in [2.24, 2.45) is 0 Å². The molecule has 4 rings (SSSR count). The van der Waals surface area contributed by atoms with Crippen LogP contribution in [0.1, 0.15) is 16.9 Å². The minimum absolute atomic E-state index is 0.0388. The van der Waals surface area contributed by atoms with Crippen LogP contribution in [-0.4, -0.2) is 40.6 Å². The molecule has 0 saturated heterocycles. The number of nitrogens with one attached hydrogen (secondary N) is 3. The number of hydrogen-bond acceptors (Lipinski definition) is 5. The molecule has 2 heterocycles. The first-order valence-electron chi connectivity index (χ1n) is 9.37. The van der Waals surface area contributed by atoms with Crippen LogP contribution in [0.2, 0.25) is 0 Å². The van der Waals surface area contributed by atoms with Crippen molar-refractivity contribution in [1.29, 1.82) is 0 Å². The number of aromatic nitrogens is 2. The van der Waals surface area contributed by atoms with Crippen LogP contribution in [0.3, 0.4) is 0 Å². The molecule has 30 heavy (non-hydrogen) atoms. The van der Waals surface area contributed by atoms with Gasteiger partial charge in [-0.3, -0.25) is 14.8 Å². The number of nitrogens with zero attached hydrogens (tertiary/aromatic N) is 1. The van der Waals surface area contributed by atoms with Crippen molar-refractivity contribution in [3.63, 3.8) is 0 Å². The fourth-order valence-electron chi connectivity index (χ4n) is 3.36. The molecule has 0 unspecified atom stereocenters. The van der Waals surface area contributed by atoms with E-state index in [-0.39, 0.29) is 18.7 Å². The molecule has 0 spiro atoms. The minimum Gasteiger partial charge on any atom is -0.497 e. The van der Waals surface area contributed by atoms with Crippen molar-refractivity contribution >= 4 is 33.6 Å². The lowest BCUT2D eigenvalue weighted by Crippen LogP contribution is -2.29. The number of benzene rings is 2. The van der Waals surface area contributed by atoms with E-state index in [0.717, 1.165) is 33.1 Å². The lowest BCUT2D eigenvalue weighted by Gasteiger charge is -2.09. The van der Waals surface area contributed by atoms with Crippen molar-refractivity contribution in [3.05, 3.63) is 60.3 Å². The first-order valence-corrected chi connectivity index (χ1v) is 9.37. The second-order valence-electron chi connectivity index (χ2n) is 6.72. The molecule has 2 aromatic carbocycles. The van der Waals surface area contributed by atoms with Crippen LogP contribution >= 0.6 is 0 Å². The summed E-state index contributed by atoms with van der Waals surface area (Å²) in [4.78, 5) is 31.9. The van der Waals surface area contributed by atoms with Gasteiger partial charge in [0.2, 0.25) is 5.91 Å². The van der Waals surface area contributed by atoms with Crippen LogP contribution in [-0.2, 0) is 4.79 Å². The summed E-state index contributed by atoms with van der Waals surface area (Å²) in [6.45, 7) is 0.0801. The third kappa shape index (κ3) is 3.68. The van der Waals surface area contributed by atoms with Gasteiger partial charge in [-0.05, 0) is 36.4 Å². The molecule has 152 valence electrons. The molecule has 0 aliphatic rings. The number of H-pyrrole nitrogens is 1. The molecular weight excluding hydrogens is 384 g/mol. The van der Waals surface area contributed by atoms with E-state index in [2.05, 4.69) is 15.3 Å². The molecule has 8 heteroatoms. The zero-order valence-electron chi connectivity index (χ0n) is 16.2. The molecule has 2 amide bonds. The van der Waals surface area contributed by atoms with Crippen molar-refractivity contribution < 1.29 is 19.5 Å². The summed E-state index contributed by atoms with van der Waals surface area (Å²) >= 11 is 0. The van der Waals surface area contributed by atoms with Crippen molar-refractivity contribution in [1.82, 2.24) is 20.8 Å². The summed E-state index contributed by atoms with van der Waals surface area (Å²) in [6.07, 6.45) is -0.0388. The van der Waals surface area contributed by atoms with Gasteiger partial charge in [0, 0.05) is 34.8 Å². The van der Waals surface area contributed by atoms with Crippen LogP contribution in [0, 0.1) is 0 Å². The number of carbonyl (C=O) groups is 2. The Bertz CT molecular complexity index is 1230. The van der Waals surface area contributed by atoms with Gasteiger partial charge in [-0.1, -0.05) is 18.2 Å². The topological polar surface area (TPSA) is 116 Å². The van der Waals surface area contributed by atoms with Gasteiger partial charge in [0.15, 0.2) is 0 Å². The third-order valence-electron chi connectivity index (χ3n) is 4.85. The third-order valence-corrected chi connectivity index (χ3v) is 4.85. The standard InChI is InChI=1S/C22H20N4O4/c1-30-14-8-6-13(7-9-14)20-21-16(15-4-2-3-5-17(15)24-21)12-18(25-20)22(28)23-11-10-19(27)26-29/h2-9,12,24,29H,10-11H2,1H3,(H,23,28)(H,26,27). The van der Waals surface area contributed by atoms with Crippen molar-refractivity contribution in [3.8, 4) is 17.0 Å². The second kappa shape index (κ2) is 8.22. The number of pyridine rings is 1. The molecule has 4 N–H and O–H groups in total. The summed E-state index contributed by atoms with van der Waals surface area (Å²) in [7, 11) is 1.60. The van der Waals surface area contributed by atoms with Gasteiger partial charge in [0.05, 0.1) is 18.3 Å². The molecular formula is C22H20N4O4. The predicted molar refractivity (Wildman–Crippen MR) is 112 cm³/mol. The van der Waals surface area contributed by atoms with E-state index in [1.165, 1.54) is 5.48 Å². The van der Waals surface area contributed by atoms with Gasteiger partial charge in [0.1, 0.15) is 11.4 Å². The highest BCUT2D eigenvalue weighted by molar-refractivity contribution is 6.13. The number of ether oxygens (including phenoxy) is 1. The number of para-hydroxylation sites is 1. The number of rotatable bonds is 6. The molecule has 4 aromatic rings. The highest BCUT2D eigenvalue weighted by Crippen LogP contribution is 2.33. The summed E-state index contributed by atoms with van der Waals surface area (Å²) < 4.78 is 5.23. The van der Waals surface area contributed by atoms with Crippen LogP contribution < -0.4 is 15.5 Å². The summed E-state index contributed by atoms with van der Waals surface area (Å²) in [5, 5.41) is 13.1. The number of methoxy groups -OCH3 is 1. The van der Waals surface area contributed by atoms with Crippen LogP contribution in [0.4, 0.5) is 0 Å². The number of carbonyl (C=O) groups excluding carboxylic acids is 2. The zero-order chi connectivity index (χ0) is 21.1. The summed E-state index contributed by atoms with van der Waals surface area (Å²) in [6, 6.07) is 17.0. The maximum atomic E-state index is 12.7. The van der Waals surface area contributed by atoms with Gasteiger partial charge in [-0.2, -0.15) is 0 Å². The van der Waals surface area contributed by atoms with Gasteiger partial charge < -0.3 is 15.0 Å². The Morgan fingerprint density at radius 2 is 1.87 bits per heavy atom. The monoisotopic (exact) mass is 404 g/mol. The average Bonchev–Trinajstić information content (AvgIpc) is 3.17. The fourth-order valence-corrected chi connectivity index (χ4v) is 3.36. The Balaban J connectivity index is 1.80. The largest absolute Gasteiger partial charge is 0.497 e. The van der Waals surface area contributed by atoms with E-state index in [4.69, 9.17) is 9.94 Å². The minimum atomic E-state index is -0.575. The van der Waals surface area contributed by atoms with Gasteiger partial charge >= 0.3 is 0 Å². The summed E-state index contributed by atoms with van der Waals surface area (Å²) in [5.41, 5.74) is 5.03. The number of hydrogen-bond donors (Lipinski definition) is 4. The molecule has 8 nitrogen and oxygen atoms in total. The Morgan fingerprint density at radius 1 is 1.10 bits per heavy atom. The zero-order valence-corrected chi connectivity index (χ0v) is 16.2. The Morgan fingerprint density at radius 3 is 2.60 bits per heavy atom. The van der Waals surface area contributed by atoms with Gasteiger partial charge in [-0.15, -0.1) is 0 Å². The molecule has 0 radical (unpaired) electrons. The van der Waals surface area contributed by atoms with E-state index in [9.17, 15) is 9.59 Å². The summed E-state index contributed by atoms with van der Waals surface area (Å²) in [5.74, 6) is -0.250. The predicted octanol–water partition coefficient (Wildman–Crippen LogP) is 3.02. The van der Waals surface area contributed by atoms with E-state index in [1.807, 2.05) is 48.5 Å². The van der Waals surface area contributed by atoms with Crippen LogP contribution in [0.15, 0.2) is 54.6 Å².